The highest BCUT2D eigenvalue weighted by atomic mass is 35.5. The molecule has 25 nitrogen and oxygen atoms in total. The topological polar surface area (TPSA) is 289 Å². The summed E-state index contributed by atoms with van der Waals surface area (Å²) in [6.45, 7) is 9.11. The SMILES string of the molecule is CC(C)Oc1ccc(C(=O)N2CCC3(CC2)Oc2ccccc2-n2cccc23)cc1C(N)=O.COc1cccc(F)c1C(=O)N1CCC2(CC1)Oc1ccccc1-n1c(C#N)ccc12.Cc1c(CO)cccc1C(=O)N1CCC2(CC1)Oc1ccccc1-n1c(C#N)ccc12.Cn1ncc2c1-c1ccc(Cl)cc1OC21CCN(C(=O)c2ccccc2OC(F)(F)F)CC1.[HH]. The van der Waals surface area contributed by atoms with Crippen LogP contribution < -0.4 is 38.9 Å². The number of methoxy groups -OCH3 is 1. The van der Waals surface area contributed by atoms with Crippen molar-refractivity contribution < 1.29 is 81.2 Å². The predicted molar refractivity (Wildman–Crippen MR) is 466 cm³/mol. The first kappa shape index (κ1) is 85.9. The summed E-state index contributed by atoms with van der Waals surface area (Å²) in [7, 11) is 3.28. The molecule has 4 spiro atoms. The number of fused-ring (bicyclic) bond motifs is 16. The van der Waals surface area contributed by atoms with Gasteiger partial charge in [-0.05, 0) is 171 Å². The van der Waals surface area contributed by atoms with Gasteiger partial charge in [0.2, 0.25) is 0 Å². The Balaban J connectivity index is 0.000000126. The summed E-state index contributed by atoms with van der Waals surface area (Å²) >= 11 is 6.19. The maximum Gasteiger partial charge on any atom is 0.573 e. The van der Waals surface area contributed by atoms with Crippen molar-refractivity contribution in [2.75, 3.05) is 59.5 Å². The first-order valence-electron chi connectivity index (χ1n) is 42.1. The highest BCUT2D eigenvalue weighted by Crippen LogP contribution is 2.53. The standard InChI is InChI=1S/C26H27N3O4.C25H23N3O3.C24H20FN3O3.C23H19ClF3N3O3.H2/c1-17(2)32-21-10-9-18(16-19(21)24(27)30)25(31)28-14-11-26(12-15-28)23-8-5-13-29(23)20-6-3-4-7-22(20)33-26;1-17-18(16-29)5-4-6-20(17)24(30)27-13-11-25(12-14-27)23-10-9-19(15-26)28(23)21-7-2-3-8-22(21)31-25;1-30-20-8-4-5-17(25)22(20)23(29)27-13-11-24(12-14-27)21-10-9-16(15-26)28(21)18-6-2-3-7-19(18)31-24;1-29-20-15-7-6-14(24)12-19(15)32-22(17(20)13-28-29)8-10-30(11-9-22)21(31)16-4-2-3-5-18(16)33-23(25,26)27;/h3-10,13,16-17H,11-12,14-15H2,1-2H3,(H2,27,30);2-10,29H,11-14,16H2,1H3;2-10H,11-14H2,1H3;2-7,12-13H,8-11H2,1H3;1H. The zero-order valence-electron chi connectivity index (χ0n) is 70.6. The maximum absolute atomic E-state index is 14.4. The molecule has 12 aromatic rings. The van der Waals surface area contributed by atoms with Gasteiger partial charge in [-0.25, -0.2) is 4.39 Å². The number of nitrogens with zero attached hydrogens (tertiary/aromatic N) is 11. The van der Waals surface area contributed by atoms with Crippen LogP contribution in [0.5, 0.6) is 40.2 Å². The quantitative estimate of drug-likeness (QED) is 0.120. The zero-order valence-corrected chi connectivity index (χ0v) is 71.4. The van der Waals surface area contributed by atoms with Crippen LogP contribution in [0.4, 0.5) is 17.6 Å². The smallest absolute Gasteiger partial charge is 0.496 e. The van der Waals surface area contributed by atoms with Crippen molar-refractivity contribution >= 4 is 41.1 Å². The lowest BCUT2D eigenvalue weighted by atomic mass is 9.81. The lowest BCUT2D eigenvalue weighted by Crippen LogP contribution is -2.50. The Bertz CT molecular complexity index is 6430. The molecule has 0 bridgehead atoms. The Labute approximate surface area is 741 Å². The third kappa shape index (κ3) is 15.9. The number of hydrogen-bond donors (Lipinski definition) is 2. The number of nitriles is 2. The van der Waals surface area contributed by atoms with E-state index in [-0.39, 0.29) is 48.4 Å². The van der Waals surface area contributed by atoms with Crippen molar-refractivity contribution in [3.63, 3.8) is 0 Å². The molecule has 3 N–H and O–H groups in total. The van der Waals surface area contributed by atoms with Crippen LogP contribution in [0, 0.1) is 35.4 Å². The van der Waals surface area contributed by atoms with E-state index in [2.05, 4.69) is 38.8 Å². The first-order chi connectivity index (χ1) is 61.7. The van der Waals surface area contributed by atoms with E-state index in [1.807, 2.05) is 168 Å². The van der Waals surface area contributed by atoms with Crippen molar-refractivity contribution in [3.8, 4) is 80.7 Å². The number of rotatable bonds is 10. The number of piperidine rings is 4. The molecule has 128 heavy (non-hydrogen) atoms. The third-order valence-electron chi connectivity index (χ3n) is 25.2. The van der Waals surface area contributed by atoms with Crippen molar-refractivity contribution in [2.24, 2.45) is 12.8 Å². The number of carbonyl (C=O) groups is 5. The number of hydrogen-bond acceptors (Lipinski definition) is 16. The number of halogens is 5. The number of aromatic nitrogens is 5. The fourth-order valence-electron chi connectivity index (χ4n) is 18.8. The molecule has 0 aliphatic carbocycles. The molecular formula is C98H91ClF4N12O13. The fraction of sp³-hybridized carbons (Fsp3) is 0.286. The van der Waals surface area contributed by atoms with E-state index in [4.69, 9.17) is 45.8 Å². The van der Waals surface area contributed by atoms with E-state index < -0.39 is 58.1 Å². The van der Waals surface area contributed by atoms with Gasteiger partial charge in [0.15, 0.2) is 16.8 Å². The van der Waals surface area contributed by atoms with Crippen molar-refractivity contribution in [1.29, 1.82) is 10.5 Å². The van der Waals surface area contributed by atoms with E-state index in [9.17, 15) is 57.2 Å². The second-order valence-electron chi connectivity index (χ2n) is 32.8. The van der Waals surface area contributed by atoms with E-state index >= 15 is 0 Å². The molecule has 20 rings (SSSR count). The number of amides is 5. The Kier molecular flexibility index (Phi) is 23.2. The van der Waals surface area contributed by atoms with Gasteiger partial charge in [0.05, 0.1) is 77.0 Å². The van der Waals surface area contributed by atoms with Crippen LogP contribution in [0.1, 0.15) is 164 Å². The van der Waals surface area contributed by atoms with Crippen LogP contribution in [0.2, 0.25) is 5.02 Å². The Morgan fingerprint density at radius 2 is 1.04 bits per heavy atom. The maximum atomic E-state index is 14.4. The Morgan fingerprint density at radius 3 is 1.59 bits per heavy atom. The zero-order chi connectivity index (χ0) is 89.7. The van der Waals surface area contributed by atoms with Gasteiger partial charge in [-0.1, -0.05) is 78.3 Å². The highest BCUT2D eigenvalue weighted by molar-refractivity contribution is 6.30. The summed E-state index contributed by atoms with van der Waals surface area (Å²) in [5.41, 5.74) is 15.4. The molecule has 0 radical (unpaired) electrons. The van der Waals surface area contributed by atoms with Gasteiger partial charge in [0, 0.05) is 146 Å². The van der Waals surface area contributed by atoms with Gasteiger partial charge < -0.3 is 68.2 Å². The molecule has 4 fully saturated rings. The summed E-state index contributed by atoms with van der Waals surface area (Å²) in [4.78, 5) is 71.4. The van der Waals surface area contributed by atoms with Crippen LogP contribution in [0.25, 0.3) is 28.3 Å². The van der Waals surface area contributed by atoms with E-state index in [1.54, 1.807) is 52.2 Å². The number of alkyl halides is 3. The Hall–Kier alpha value is -14.3. The number of benzene rings is 8. The van der Waals surface area contributed by atoms with E-state index in [0.29, 0.717) is 149 Å². The number of aliphatic hydroxyl groups is 1. The van der Waals surface area contributed by atoms with E-state index in [0.717, 1.165) is 79.7 Å². The molecule has 656 valence electrons. The number of nitrogens with two attached hydrogens (primary N) is 1. The molecule has 8 aliphatic rings. The highest BCUT2D eigenvalue weighted by Gasteiger charge is 2.51. The molecule has 4 aromatic heterocycles. The average molecular weight is 1760 g/mol. The van der Waals surface area contributed by atoms with Crippen molar-refractivity contribution in [1.82, 2.24) is 43.1 Å². The second-order valence-corrected chi connectivity index (χ2v) is 33.3. The molecule has 8 aromatic carbocycles. The number of likely N-dealkylation sites (tertiary alicyclic amines) is 4. The average Bonchev–Trinajstić information content (AvgIpc) is 1.62. The number of para-hydroxylation sites is 7. The number of ether oxygens (including phenoxy) is 7. The lowest BCUT2D eigenvalue weighted by molar-refractivity contribution is -0.274. The first-order valence-corrected chi connectivity index (χ1v) is 42.5. The molecule has 0 atom stereocenters. The number of primary amides is 1. The van der Waals surface area contributed by atoms with Gasteiger partial charge in [-0.15, -0.1) is 13.2 Å². The van der Waals surface area contributed by atoms with Crippen LogP contribution >= 0.6 is 11.6 Å². The van der Waals surface area contributed by atoms with Crippen LogP contribution in [0.15, 0.2) is 219 Å². The van der Waals surface area contributed by atoms with Gasteiger partial charge in [0.25, 0.3) is 29.5 Å². The van der Waals surface area contributed by atoms with Crippen LogP contribution in [0.3, 0.4) is 0 Å². The fourth-order valence-corrected chi connectivity index (χ4v) is 19.0. The molecule has 4 saturated heterocycles. The monoisotopic (exact) mass is 1750 g/mol. The van der Waals surface area contributed by atoms with Crippen molar-refractivity contribution in [3.05, 3.63) is 302 Å². The predicted octanol–water partition coefficient (Wildman–Crippen LogP) is 17.0. The summed E-state index contributed by atoms with van der Waals surface area (Å²) in [6, 6.07) is 65.1. The molecule has 12 heterocycles. The number of aryl methyl sites for hydroxylation is 1. The minimum atomic E-state index is -4.89. The summed E-state index contributed by atoms with van der Waals surface area (Å²) in [6.07, 6.45) is 3.42. The summed E-state index contributed by atoms with van der Waals surface area (Å²) in [5.74, 6) is 0.784. The molecular weight excluding hydrogens is 1660 g/mol. The van der Waals surface area contributed by atoms with Gasteiger partial charge >= 0.3 is 6.36 Å². The molecule has 0 saturated carbocycles. The van der Waals surface area contributed by atoms with Crippen molar-refractivity contribution in [2.45, 2.75) is 114 Å². The number of aliphatic hydroxyl groups excluding tert-OH is 1. The molecule has 0 unspecified atom stereocenters. The normalized spacial score (nSPS) is 16.3. The van der Waals surface area contributed by atoms with E-state index in [1.165, 1.54) is 48.4 Å². The lowest BCUT2D eigenvalue weighted by Gasteiger charge is -2.45. The van der Waals surface area contributed by atoms with Gasteiger partial charge in [-0.3, -0.25) is 37.8 Å². The molecule has 8 aliphatic heterocycles. The van der Waals surface area contributed by atoms with Gasteiger partial charge in [0.1, 0.15) is 80.8 Å². The minimum absolute atomic E-state index is 0. The minimum Gasteiger partial charge on any atom is -0.496 e. The second kappa shape index (κ2) is 34.6. The number of carbonyl (C=O) groups excluding carboxylic acids is 5. The summed E-state index contributed by atoms with van der Waals surface area (Å²) < 4.78 is 102. The molecule has 30 heteroatoms. The van der Waals surface area contributed by atoms with Crippen LogP contribution in [-0.2, 0) is 36.1 Å². The Morgan fingerprint density at radius 1 is 0.547 bits per heavy atom. The van der Waals surface area contributed by atoms with Gasteiger partial charge in [-0.2, -0.15) is 15.6 Å². The third-order valence-corrected chi connectivity index (χ3v) is 25.4. The molecule has 5 amide bonds. The largest absolute Gasteiger partial charge is 0.573 e. The summed E-state index contributed by atoms with van der Waals surface area (Å²) in [5, 5.41) is 33.7. The van der Waals surface area contributed by atoms with Crippen LogP contribution in [-0.4, -0.2) is 150 Å².